The molecule has 0 aromatic heterocycles. The summed E-state index contributed by atoms with van der Waals surface area (Å²) in [6.07, 6.45) is 2.62. The van der Waals surface area contributed by atoms with Crippen molar-refractivity contribution in [1.82, 2.24) is 5.32 Å². The predicted molar refractivity (Wildman–Crippen MR) is 120 cm³/mol. The predicted octanol–water partition coefficient (Wildman–Crippen LogP) is 4.35. The SMILES string of the molecule is CC(C(=O)NCCCc1ccc(C(C)(C)C)cc1)c1ccc(NS(C)(=O)=O)c(F)c1. The molecule has 2 rings (SSSR count). The molecule has 0 spiro atoms. The van der Waals surface area contributed by atoms with Gasteiger partial charge in [0.25, 0.3) is 0 Å². The van der Waals surface area contributed by atoms with Gasteiger partial charge in [0.05, 0.1) is 17.9 Å². The van der Waals surface area contributed by atoms with Crippen molar-refractivity contribution in [2.45, 2.75) is 51.9 Å². The Bertz CT molecular complexity index is 980. The molecule has 2 aromatic carbocycles. The molecule has 0 heterocycles. The van der Waals surface area contributed by atoms with Gasteiger partial charge in [-0.2, -0.15) is 0 Å². The van der Waals surface area contributed by atoms with E-state index in [4.69, 9.17) is 0 Å². The van der Waals surface area contributed by atoms with Crippen LogP contribution in [0.1, 0.15) is 56.7 Å². The van der Waals surface area contributed by atoms with Crippen LogP contribution in [0.5, 0.6) is 0 Å². The smallest absolute Gasteiger partial charge is 0.229 e. The van der Waals surface area contributed by atoms with Gasteiger partial charge in [-0.15, -0.1) is 0 Å². The molecule has 0 aliphatic rings. The van der Waals surface area contributed by atoms with Crippen LogP contribution in [-0.2, 0) is 26.7 Å². The molecule has 0 radical (unpaired) electrons. The van der Waals surface area contributed by atoms with Gasteiger partial charge in [0.1, 0.15) is 5.82 Å². The van der Waals surface area contributed by atoms with Crippen molar-refractivity contribution in [2.24, 2.45) is 0 Å². The van der Waals surface area contributed by atoms with Crippen molar-refractivity contribution in [1.29, 1.82) is 0 Å². The molecular formula is C23H31FN2O3S. The number of aryl methyl sites for hydroxylation is 1. The largest absolute Gasteiger partial charge is 0.356 e. The van der Waals surface area contributed by atoms with E-state index < -0.39 is 21.8 Å². The average Bonchev–Trinajstić information content (AvgIpc) is 2.64. The van der Waals surface area contributed by atoms with Crippen molar-refractivity contribution in [3.05, 3.63) is 65.0 Å². The van der Waals surface area contributed by atoms with Crippen LogP contribution < -0.4 is 10.0 Å². The Morgan fingerprint density at radius 3 is 2.27 bits per heavy atom. The van der Waals surface area contributed by atoms with Gasteiger partial charge in [0, 0.05) is 6.54 Å². The van der Waals surface area contributed by atoms with E-state index in [1.807, 2.05) is 0 Å². The second-order valence-corrected chi connectivity index (χ2v) is 10.4. The molecule has 2 N–H and O–H groups in total. The molecule has 1 amide bonds. The maximum Gasteiger partial charge on any atom is 0.229 e. The van der Waals surface area contributed by atoms with E-state index in [0.29, 0.717) is 12.1 Å². The number of nitrogens with one attached hydrogen (secondary N) is 2. The van der Waals surface area contributed by atoms with E-state index in [1.54, 1.807) is 13.0 Å². The Hall–Kier alpha value is -2.41. The van der Waals surface area contributed by atoms with E-state index in [-0.39, 0.29) is 17.0 Å². The number of hydrogen-bond donors (Lipinski definition) is 2. The maximum absolute atomic E-state index is 14.1. The van der Waals surface area contributed by atoms with E-state index >= 15 is 0 Å². The monoisotopic (exact) mass is 434 g/mol. The zero-order valence-electron chi connectivity index (χ0n) is 18.3. The first-order valence-corrected chi connectivity index (χ1v) is 11.9. The first kappa shape index (κ1) is 23.9. The van der Waals surface area contributed by atoms with E-state index in [2.05, 4.69) is 55.1 Å². The van der Waals surface area contributed by atoms with Crippen LogP contribution in [0.4, 0.5) is 10.1 Å². The highest BCUT2D eigenvalue weighted by atomic mass is 32.2. The van der Waals surface area contributed by atoms with Crippen molar-refractivity contribution in [2.75, 3.05) is 17.5 Å². The molecule has 0 aliphatic carbocycles. The summed E-state index contributed by atoms with van der Waals surface area (Å²) < 4.78 is 38.7. The molecule has 5 nitrogen and oxygen atoms in total. The Kier molecular flexibility index (Phi) is 7.64. The van der Waals surface area contributed by atoms with Gasteiger partial charge in [0.2, 0.25) is 15.9 Å². The van der Waals surface area contributed by atoms with Crippen LogP contribution in [0, 0.1) is 5.82 Å². The number of halogens is 1. The fourth-order valence-corrected chi connectivity index (χ4v) is 3.63. The summed E-state index contributed by atoms with van der Waals surface area (Å²) in [5, 5.41) is 2.89. The van der Waals surface area contributed by atoms with Crippen LogP contribution in [0.3, 0.4) is 0 Å². The number of sulfonamides is 1. The number of benzene rings is 2. The third-order valence-electron chi connectivity index (χ3n) is 4.94. The zero-order valence-corrected chi connectivity index (χ0v) is 19.1. The molecule has 1 unspecified atom stereocenters. The fourth-order valence-electron chi connectivity index (χ4n) is 3.06. The topological polar surface area (TPSA) is 75.3 Å². The van der Waals surface area contributed by atoms with E-state index in [0.717, 1.165) is 19.1 Å². The van der Waals surface area contributed by atoms with Crippen LogP contribution in [0.2, 0.25) is 0 Å². The number of anilines is 1. The summed E-state index contributed by atoms with van der Waals surface area (Å²) in [4.78, 5) is 12.4. The van der Waals surface area contributed by atoms with Gasteiger partial charge in [-0.3, -0.25) is 9.52 Å². The lowest BCUT2D eigenvalue weighted by molar-refractivity contribution is -0.122. The maximum atomic E-state index is 14.1. The third kappa shape index (κ3) is 7.13. The minimum absolute atomic E-state index is 0.126. The summed E-state index contributed by atoms with van der Waals surface area (Å²) in [6.45, 7) is 8.76. The highest BCUT2D eigenvalue weighted by Crippen LogP contribution is 2.23. The standard InChI is InChI=1S/C23H31FN2O3S/c1-16(18-10-13-21(20(24)15-18)26-30(5,28)29)22(27)25-14-6-7-17-8-11-19(12-9-17)23(2,3)4/h8-13,15-16,26H,6-7,14H2,1-5H3,(H,25,27). The quantitative estimate of drug-likeness (QED) is 0.607. The average molecular weight is 435 g/mol. The lowest BCUT2D eigenvalue weighted by Gasteiger charge is -2.19. The second kappa shape index (κ2) is 9.60. The number of rotatable bonds is 8. The molecule has 7 heteroatoms. The molecule has 0 fully saturated rings. The van der Waals surface area contributed by atoms with Crippen LogP contribution in [0.15, 0.2) is 42.5 Å². The molecule has 2 aromatic rings. The minimum Gasteiger partial charge on any atom is -0.356 e. The van der Waals surface area contributed by atoms with Gasteiger partial charge >= 0.3 is 0 Å². The molecule has 1 atom stereocenters. The Balaban J connectivity index is 1.85. The van der Waals surface area contributed by atoms with E-state index in [9.17, 15) is 17.6 Å². The fraction of sp³-hybridized carbons (Fsp3) is 0.435. The highest BCUT2D eigenvalue weighted by molar-refractivity contribution is 7.92. The molecule has 164 valence electrons. The second-order valence-electron chi connectivity index (χ2n) is 8.68. The Morgan fingerprint density at radius 2 is 1.73 bits per heavy atom. The summed E-state index contributed by atoms with van der Waals surface area (Å²) in [5.74, 6) is -1.45. The summed E-state index contributed by atoms with van der Waals surface area (Å²) in [5.41, 5.74) is 2.99. The number of hydrogen-bond acceptors (Lipinski definition) is 3. The lowest BCUT2D eigenvalue weighted by atomic mass is 9.86. The van der Waals surface area contributed by atoms with Crippen molar-refractivity contribution in [3.63, 3.8) is 0 Å². The zero-order chi connectivity index (χ0) is 22.5. The highest BCUT2D eigenvalue weighted by Gasteiger charge is 2.17. The molecule has 30 heavy (non-hydrogen) atoms. The number of amides is 1. The van der Waals surface area contributed by atoms with Crippen molar-refractivity contribution >= 4 is 21.6 Å². The van der Waals surface area contributed by atoms with Gasteiger partial charge in [0.15, 0.2) is 0 Å². The van der Waals surface area contributed by atoms with E-state index in [1.165, 1.54) is 23.3 Å². The van der Waals surface area contributed by atoms with Crippen LogP contribution in [-0.4, -0.2) is 27.1 Å². The Morgan fingerprint density at radius 1 is 1.10 bits per heavy atom. The van der Waals surface area contributed by atoms with Gasteiger partial charge in [-0.05, 0) is 54.0 Å². The van der Waals surface area contributed by atoms with Gasteiger partial charge in [-0.25, -0.2) is 12.8 Å². The summed E-state index contributed by atoms with van der Waals surface area (Å²) in [6, 6.07) is 12.6. The van der Waals surface area contributed by atoms with Gasteiger partial charge < -0.3 is 5.32 Å². The minimum atomic E-state index is -3.57. The van der Waals surface area contributed by atoms with Crippen LogP contribution in [0.25, 0.3) is 0 Å². The Labute approximate surface area is 179 Å². The van der Waals surface area contributed by atoms with Crippen molar-refractivity contribution < 1.29 is 17.6 Å². The molecular weight excluding hydrogens is 403 g/mol. The van der Waals surface area contributed by atoms with Crippen LogP contribution >= 0.6 is 0 Å². The first-order valence-electron chi connectivity index (χ1n) is 10.0. The molecule has 0 saturated heterocycles. The van der Waals surface area contributed by atoms with Gasteiger partial charge in [-0.1, -0.05) is 51.1 Å². The molecule has 0 aliphatic heterocycles. The number of carbonyl (C=O) groups is 1. The first-order chi connectivity index (χ1) is 13.9. The summed E-state index contributed by atoms with van der Waals surface area (Å²) in [7, 11) is -3.57. The normalized spacial score (nSPS) is 13.0. The lowest BCUT2D eigenvalue weighted by Crippen LogP contribution is -2.29. The van der Waals surface area contributed by atoms with Crippen molar-refractivity contribution in [3.8, 4) is 0 Å². The summed E-state index contributed by atoms with van der Waals surface area (Å²) >= 11 is 0. The third-order valence-corrected chi connectivity index (χ3v) is 5.53. The molecule has 0 saturated carbocycles. The number of carbonyl (C=O) groups excluding carboxylic acids is 1. The molecule has 0 bridgehead atoms.